The zero-order valence-electron chi connectivity index (χ0n) is 11.4. The number of halogens is 2. The van der Waals surface area contributed by atoms with Gasteiger partial charge in [0, 0.05) is 15.7 Å². The first-order valence-corrected chi connectivity index (χ1v) is 8.55. The molecule has 0 radical (unpaired) electrons. The summed E-state index contributed by atoms with van der Waals surface area (Å²) in [6.07, 6.45) is 3.26. The Morgan fingerprint density at radius 1 is 1.21 bits per heavy atom. The number of hydrogen-bond acceptors (Lipinski definition) is 2. The third-order valence-electron chi connectivity index (χ3n) is 3.51. The van der Waals surface area contributed by atoms with Crippen molar-refractivity contribution in [2.45, 2.75) is 37.9 Å². The lowest BCUT2D eigenvalue weighted by molar-refractivity contribution is 0.297. The van der Waals surface area contributed by atoms with E-state index in [9.17, 15) is 0 Å². The SMILES string of the molecule is CCC(C)CC(Br)c1cc2c(cc1Br)OCCCO2. The molecule has 1 aliphatic rings. The van der Waals surface area contributed by atoms with Crippen molar-refractivity contribution >= 4 is 31.9 Å². The highest BCUT2D eigenvalue weighted by atomic mass is 79.9. The van der Waals surface area contributed by atoms with Crippen LogP contribution in [0.2, 0.25) is 0 Å². The van der Waals surface area contributed by atoms with Crippen molar-refractivity contribution < 1.29 is 9.47 Å². The molecule has 0 saturated carbocycles. The van der Waals surface area contributed by atoms with Gasteiger partial charge in [0.2, 0.25) is 0 Å². The maximum atomic E-state index is 5.76. The lowest BCUT2D eigenvalue weighted by Gasteiger charge is -2.18. The number of rotatable bonds is 4. The maximum absolute atomic E-state index is 5.76. The zero-order valence-corrected chi connectivity index (χ0v) is 14.6. The van der Waals surface area contributed by atoms with E-state index < -0.39 is 0 Å². The van der Waals surface area contributed by atoms with Crippen LogP contribution in [0.3, 0.4) is 0 Å². The Bertz CT molecular complexity index is 434. The molecule has 4 heteroatoms. The first kappa shape index (κ1) is 15.2. The predicted molar refractivity (Wildman–Crippen MR) is 85.5 cm³/mol. The van der Waals surface area contributed by atoms with Gasteiger partial charge in [-0.1, -0.05) is 52.1 Å². The topological polar surface area (TPSA) is 18.5 Å². The summed E-state index contributed by atoms with van der Waals surface area (Å²) < 4.78 is 12.5. The van der Waals surface area contributed by atoms with Crippen LogP contribution in [0.25, 0.3) is 0 Å². The highest BCUT2D eigenvalue weighted by Gasteiger charge is 2.19. The van der Waals surface area contributed by atoms with E-state index in [1.54, 1.807) is 0 Å². The smallest absolute Gasteiger partial charge is 0.162 e. The Balaban J connectivity index is 2.23. The van der Waals surface area contributed by atoms with Crippen LogP contribution in [0.5, 0.6) is 11.5 Å². The van der Waals surface area contributed by atoms with Gasteiger partial charge in [0.15, 0.2) is 11.5 Å². The summed E-state index contributed by atoms with van der Waals surface area (Å²) in [5.41, 5.74) is 1.24. The second-order valence-electron chi connectivity index (χ2n) is 5.09. The highest BCUT2D eigenvalue weighted by molar-refractivity contribution is 9.11. The summed E-state index contributed by atoms with van der Waals surface area (Å²) in [5, 5.41) is 0. The monoisotopic (exact) mass is 390 g/mol. The Hall–Kier alpha value is -0.220. The third kappa shape index (κ3) is 3.88. The molecule has 2 rings (SSSR count). The van der Waals surface area contributed by atoms with Crippen LogP contribution in [-0.4, -0.2) is 13.2 Å². The van der Waals surface area contributed by atoms with Gasteiger partial charge in [0.25, 0.3) is 0 Å². The van der Waals surface area contributed by atoms with Gasteiger partial charge < -0.3 is 9.47 Å². The molecule has 1 heterocycles. The van der Waals surface area contributed by atoms with Crippen LogP contribution in [0, 0.1) is 5.92 Å². The van der Waals surface area contributed by atoms with E-state index in [2.05, 4.69) is 51.8 Å². The van der Waals surface area contributed by atoms with Gasteiger partial charge >= 0.3 is 0 Å². The fraction of sp³-hybridized carbons (Fsp3) is 0.600. The Morgan fingerprint density at radius 3 is 2.47 bits per heavy atom. The van der Waals surface area contributed by atoms with Gasteiger partial charge in [-0.05, 0) is 30.0 Å². The molecule has 19 heavy (non-hydrogen) atoms. The molecule has 0 saturated heterocycles. The molecule has 106 valence electrons. The molecule has 0 aromatic heterocycles. The van der Waals surface area contributed by atoms with Crippen molar-refractivity contribution in [2.75, 3.05) is 13.2 Å². The molecule has 2 atom stereocenters. The second-order valence-corrected chi connectivity index (χ2v) is 7.05. The first-order valence-electron chi connectivity index (χ1n) is 6.85. The van der Waals surface area contributed by atoms with Crippen molar-refractivity contribution in [3.8, 4) is 11.5 Å². The quantitative estimate of drug-likeness (QED) is 0.632. The summed E-state index contributed by atoms with van der Waals surface area (Å²) in [4.78, 5) is 0.342. The lowest BCUT2D eigenvalue weighted by Crippen LogP contribution is -2.01. The molecule has 0 bridgehead atoms. The normalized spacial score (nSPS) is 17.7. The predicted octanol–water partition coefficient (Wildman–Crippen LogP) is 5.48. The molecule has 1 aromatic rings. The van der Waals surface area contributed by atoms with Crippen molar-refractivity contribution in [3.05, 3.63) is 22.2 Å². The average molecular weight is 392 g/mol. The summed E-state index contributed by atoms with van der Waals surface area (Å²) in [6, 6.07) is 4.13. The summed E-state index contributed by atoms with van der Waals surface area (Å²) >= 11 is 7.45. The molecule has 0 spiro atoms. The molecular weight excluding hydrogens is 372 g/mol. The van der Waals surface area contributed by atoms with Gasteiger partial charge in [-0.15, -0.1) is 0 Å². The Labute approximate surface area is 132 Å². The fourth-order valence-corrected chi connectivity index (χ4v) is 4.01. The van der Waals surface area contributed by atoms with E-state index in [0.717, 1.165) is 42.0 Å². The van der Waals surface area contributed by atoms with E-state index in [1.165, 1.54) is 12.0 Å². The van der Waals surface area contributed by atoms with Crippen molar-refractivity contribution in [3.63, 3.8) is 0 Å². The minimum absolute atomic E-state index is 0.342. The van der Waals surface area contributed by atoms with Crippen molar-refractivity contribution in [2.24, 2.45) is 5.92 Å². The second kappa shape index (κ2) is 6.98. The molecule has 1 aromatic carbocycles. The minimum Gasteiger partial charge on any atom is -0.490 e. The van der Waals surface area contributed by atoms with Crippen LogP contribution in [0.4, 0.5) is 0 Å². The van der Waals surface area contributed by atoms with Crippen LogP contribution >= 0.6 is 31.9 Å². The van der Waals surface area contributed by atoms with Gasteiger partial charge in [-0.25, -0.2) is 0 Å². The van der Waals surface area contributed by atoms with Gasteiger partial charge in [0.05, 0.1) is 13.2 Å². The number of ether oxygens (including phenoxy) is 2. The van der Waals surface area contributed by atoms with E-state index in [1.807, 2.05) is 6.07 Å². The highest BCUT2D eigenvalue weighted by Crippen LogP contribution is 2.42. The third-order valence-corrected chi connectivity index (χ3v) is 5.06. The van der Waals surface area contributed by atoms with Crippen LogP contribution in [-0.2, 0) is 0 Å². The fourth-order valence-electron chi connectivity index (χ4n) is 2.09. The lowest BCUT2D eigenvalue weighted by atomic mass is 9.98. The summed E-state index contributed by atoms with van der Waals surface area (Å²) in [7, 11) is 0. The van der Waals surface area contributed by atoms with Gasteiger partial charge in [-0.3, -0.25) is 0 Å². The number of hydrogen-bond donors (Lipinski definition) is 0. The van der Waals surface area contributed by atoms with Crippen LogP contribution < -0.4 is 9.47 Å². The maximum Gasteiger partial charge on any atom is 0.162 e. The van der Waals surface area contributed by atoms with Crippen LogP contribution in [0.1, 0.15) is 43.5 Å². The van der Waals surface area contributed by atoms with Gasteiger partial charge in [-0.2, -0.15) is 0 Å². The zero-order chi connectivity index (χ0) is 13.8. The summed E-state index contributed by atoms with van der Waals surface area (Å²) in [5.74, 6) is 2.41. The Morgan fingerprint density at radius 2 is 1.84 bits per heavy atom. The van der Waals surface area contributed by atoms with E-state index in [-0.39, 0.29) is 0 Å². The van der Waals surface area contributed by atoms with Crippen molar-refractivity contribution in [1.82, 2.24) is 0 Å². The van der Waals surface area contributed by atoms with Crippen LogP contribution in [0.15, 0.2) is 16.6 Å². The van der Waals surface area contributed by atoms with Crippen molar-refractivity contribution in [1.29, 1.82) is 0 Å². The molecule has 2 unspecified atom stereocenters. The number of fused-ring (bicyclic) bond motifs is 1. The van der Waals surface area contributed by atoms with E-state index in [0.29, 0.717) is 10.7 Å². The van der Waals surface area contributed by atoms with Gasteiger partial charge in [0.1, 0.15) is 0 Å². The molecular formula is C15H20Br2O2. The first-order chi connectivity index (χ1) is 9.11. The summed E-state index contributed by atoms with van der Waals surface area (Å²) in [6.45, 7) is 5.97. The largest absolute Gasteiger partial charge is 0.490 e. The van der Waals surface area contributed by atoms with E-state index >= 15 is 0 Å². The number of alkyl halides is 1. The molecule has 0 N–H and O–H groups in total. The Kier molecular flexibility index (Phi) is 5.58. The molecule has 1 aliphatic heterocycles. The molecule has 0 amide bonds. The standard InChI is InChI=1S/C15H20Br2O2/c1-3-10(2)7-12(16)11-8-14-15(9-13(11)17)19-6-4-5-18-14/h8-10,12H,3-7H2,1-2H3. The van der Waals surface area contributed by atoms with E-state index in [4.69, 9.17) is 9.47 Å². The number of benzene rings is 1. The average Bonchev–Trinajstić information content (AvgIpc) is 2.62. The molecule has 0 aliphatic carbocycles. The minimum atomic E-state index is 0.342. The molecule has 0 fully saturated rings. The molecule has 2 nitrogen and oxygen atoms in total.